The van der Waals surface area contributed by atoms with Gasteiger partial charge < -0.3 is 5.73 Å². The van der Waals surface area contributed by atoms with Crippen molar-refractivity contribution in [3.63, 3.8) is 0 Å². The van der Waals surface area contributed by atoms with Crippen molar-refractivity contribution in [1.82, 2.24) is 0 Å². The molecule has 0 saturated carbocycles. The average Bonchev–Trinajstić information content (AvgIpc) is 1.87. The van der Waals surface area contributed by atoms with Crippen LogP contribution in [-0.2, 0) is 9.83 Å². The molecule has 0 spiro atoms. The molecule has 0 aromatic heterocycles. The minimum atomic E-state index is -0.865. The highest BCUT2D eigenvalue weighted by molar-refractivity contribution is 8.75. The van der Waals surface area contributed by atoms with E-state index < -0.39 is 9.83 Å². The van der Waals surface area contributed by atoms with Crippen LogP contribution in [0.25, 0.3) is 0 Å². The lowest BCUT2D eigenvalue weighted by Crippen LogP contribution is -2.01. The lowest BCUT2D eigenvalue weighted by Gasteiger charge is -1.78. The summed E-state index contributed by atoms with van der Waals surface area (Å²) in [5, 5.41) is 0.443. The zero-order valence-corrected chi connectivity index (χ0v) is 5.09. The molecule has 0 saturated heterocycles. The molecule has 1 heterocycles. The second kappa shape index (κ2) is 1.83. The highest BCUT2D eigenvalue weighted by Crippen LogP contribution is 2.13. The number of hydrogen-bond acceptors (Lipinski definition) is 4. The van der Waals surface area contributed by atoms with Gasteiger partial charge in [-0.05, 0) is 0 Å². The summed E-state index contributed by atoms with van der Waals surface area (Å²) in [5.41, 5.74) is 5.15. The van der Waals surface area contributed by atoms with Crippen molar-refractivity contribution in [1.29, 1.82) is 0 Å². The largest absolute Gasteiger partial charge is 0.378 e. The Balaban J connectivity index is 2.58. The molecule has 2 N–H and O–H groups in total. The summed E-state index contributed by atoms with van der Waals surface area (Å²) in [6.45, 7) is 0. The van der Waals surface area contributed by atoms with Gasteiger partial charge in [0, 0.05) is 10.8 Å². The summed E-state index contributed by atoms with van der Waals surface area (Å²) in [6.07, 6.45) is 0. The van der Waals surface area contributed by atoms with E-state index in [1.807, 2.05) is 0 Å². The van der Waals surface area contributed by atoms with Gasteiger partial charge in [0.05, 0.1) is 0 Å². The molecule has 1 rings (SSSR count). The van der Waals surface area contributed by atoms with Gasteiger partial charge in [0.25, 0.3) is 0 Å². The van der Waals surface area contributed by atoms with E-state index in [0.717, 1.165) is 10.8 Å². The van der Waals surface area contributed by atoms with Gasteiger partial charge in [0.1, 0.15) is 15.7 Å². The van der Waals surface area contributed by atoms with E-state index in [1.165, 1.54) is 0 Å². The molecular weight excluding hydrogens is 132 g/mol. The van der Waals surface area contributed by atoms with Crippen molar-refractivity contribution in [3.05, 3.63) is 0 Å². The third kappa shape index (κ3) is 1.17. The predicted molar refractivity (Wildman–Crippen MR) is 32.2 cm³/mol. The number of hydrogen-bond donors (Lipinski definition) is 1. The normalized spacial score (nSPS) is 30.3. The minimum Gasteiger partial charge on any atom is -0.378 e. The minimum absolute atomic E-state index is 0.372. The molecule has 0 amide bonds. The molecular formula is C2H4N2OS2. The molecule has 0 radical (unpaired) electrons. The van der Waals surface area contributed by atoms with E-state index >= 15 is 0 Å². The summed E-state index contributed by atoms with van der Waals surface area (Å²) in [5.74, 6) is 0.372. The Kier molecular flexibility index (Phi) is 1.34. The van der Waals surface area contributed by atoms with Crippen molar-refractivity contribution in [2.24, 2.45) is 10.7 Å². The van der Waals surface area contributed by atoms with Crippen LogP contribution in [0.1, 0.15) is 0 Å². The molecule has 5 heteroatoms. The molecule has 1 aliphatic heterocycles. The van der Waals surface area contributed by atoms with Gasteiger partial charge in [-0.15, -0.1) is 0 Å². The average molecular weight is 136 g/mol. The number of amidine groups is 1. The van der Waals surface area contributed by atoms with E-state index in [1.54, 1.807) is 0 Å². The van der Waals surface area contributed by atoms with Crippen LogP contribution in [0.3, 0.4) is 0 Å². The Morgan fingerprint density at radius 3 is 2.86 bits per heavy atom. The van der Waals surface area contributed by atoms with Crippen LogP contribution in [0, 0.1) is 0 Å². The van der Waals surface area contributed by atoms with Crippen molar-refractivity contribution in [2.75, 3.05) is 5.88 Å². The smallest absolute Gasteiger partial charge is 0.168 e. The molecule has 0 bridgehead atoms. The fraction of sp³-hybridized carbons (Fsp3) is 0.500. The first-order valence-corrected chi connectivity index (χ1v) is 4.31. The van der Waals surface area contributed by atoms with E-state index in [-0.39, 0.29) is 0 Å². The third-order valence-corrected chi connectivity index (χ3v) is 2.72. The van der Waals surface area contributed by atoms with Gasteiger partial charge in [-0.3, -0.25) is 0 Å². The quantitative estimate of drug-likeness (QED) is 0.464. The third-order valence-electron chi connectivity index (χ3n) is 0.504. The van der Waals surface area contributed by atoms with Crippen molar-refractivity contribution in [3.8, 4) is 0 Å². The maximum Gasteiger partial charge on any atom is 0.168 e. The zero-order chi connectivity index (χ0) is 5.28. The number of rotatable bonds is 0. The molecule has 7 heavy (non-hydrogen) atoms. The summed E-state index contributed by atoms with van der Waals surface area (Å²) in [4.78, 5) is 3.67. The second-order valence-corrected chi connectivity index (χ2v) is 4.08. The molecule has 0 aromatic carbocycles. The SMILES string of the molecule is NC1=NCS(=O)S1. The maximum absolute atomic E-state index is 10.3. The van der Waals surface area contributed by atoms with Crippen LogP contribution in [0.4, 0.5) is 0 Å². The molecule has 0 aromatic rings. The van der Waals surface area contributed by atoms with Crippen molar-refractivity contribution in [2.45, 2.75) is 0 Å². The summed E-state index contributed by atoms with van der Waals surface area (Å²) in [6, 6.07) is 0. The Bertz CT molecular complexity index is 132. The first-order valence-electron chi connectivity index (χ1n) is 1.65. The molecule has 1 aliphatic rings. The van der Waals surface area contributed by atoms with Crippen molar-refractivity contribution < 1.29 is 4.21 Å². The molecule has 3 nitrogen and oxygen atoms in total. The lowest BCUT2D eigenvalue weighted by molar-refractivity contribution is 0.692. The van der Waals surface area contributed by atoms with Crippen LogP contribution < -0.4 is 5.73 Å². The molecule has 40 valence electrons. The zero-order valence-electron chi connectivity index (χ0n) is 3.46. The lowest BCUT2D eigenvalue weighted by atomic mass is 11.2. The molecule has 0 aliphatic carbocycles. The van der Waals surface area contributed by atoms with E-state index in [4.69, 9.17) is 5.73 Å². The van der Waals surface area contributed by atoms with E-state index in [0.29, 0.717) is 11.0 Å². The van der Waals surface area contributed by atoms with Crippen LogP contribution in [0.15, 0.2) is 4.99 Å². The van der Waals surface area contributed by atoms with Gasteiger partial charge in [0.15, 0.2) is 5.17 Å². The van der Waals surface area contributed by atoms with Gasteiger partial charge in [0.2, 0.25) is 0 Å². The fourth-order valence-electron chi connectivity index (χ4n) is 0.264. The van der Waals surface area contributed by atoms with Gasteiger partial charge in [-0.25, -0.2) is 9.20 Å². The van der Waals surface area contributed by atoms with Crippen molar-refractivity contribution >= 4 is 25.8 Å². The highest BCUT2D eigenvalue weighted by Gasteiger charge is 2.09. The van der Waals surface area contributed by atoms with E-state index in [9.17, 15) is 4.21 Å². The second-order valence-electron chi connectivity index (χ2n) is 1.01. The van der Waals surface area contributed by atoms with Gasteiger partial charge >= 0.3 is 0 Å². The maximum atomic E-state index is 10.3. The summed E-state index contributed by atoms with van der Waals surface area (Å²) < 4.78 is 10.3. The standard InChI is InChI=1S/C2H4N2OS2/c3-2-4-1-7(5)6-2/h1H2,(H2,3,4). The first kappa shape index (κ1) is 5.11. The number of nitrogens with zero attached hydrogens (tertiary/aromatic N) is 1. The summed E-state index contributed by atoms with van der Waals surface area (Å²) >= 11 is 0. The van der Waals surface area contributed by atoms with Crippen LogP contribution >= 0.6 is 10.8 Å². The van der Waals surface area contributed by atoms with Crippen LogP contribution in [0.2, 0.25) is 0 Å². The van der Waals surface area contributed by atoms with Gasteiger partial charge in [-0.2, -0.15) is 0 Å². The Hall–Kier alpha value is -0.0300. The predicted octanol–water partition coefficient (Wildman–Crippen LogP) is -0.331. The highest BCUT2D eigenvalue weighted by atomic mass is 33.1. The monoisotopic (exact) mass is 136 g/mol. The topological polar surface area (TPSA) is 55.4 Å². The fourth-order valence-corrected chi connectivity index (χ4v) is 2.00. The van der Waals surface area contributed by atoms with E-state index in [2.05, 4.69) is 4.99 Å². The summed E-state index contributed by atoms with van der Waals surface area (Å²) in [7, 11) is 0.255. The Labute approximate surface area is 47.2 Å². The Morgan fingerprint density at radius 1 is 2.00 bits per heavy atom. The van der Waals surface area contributed by atoms with Gasteiger partial charge in [-0.1, -0.05) is 0 Å². The number of nitrogens with two attached hydrogens (primary N) is 1. The first-order chi connectivity index (χ1) is 3.29. The Morgan fingerprint density at radius 2 is 2.71 bits per heavy atom. The molecule has 0 fully saturated rings. The van der Waals surface area contributed by atoms with Crippen LogP contribution in [0.5, 0.6) is 0 Å². The molecule has 1 atom stereocenters. The van der Waals surface area contributed by atoms with Crippen LogP contribution in [-0.4, -0.2) is 15.3 Å². The molecule has 1 unspecified atom stereocenters. The number of aliphatic imine (C=N–C) groups is 1.